The number of rotatable bonds is 8. The Balaban J connectivity index is 1.89. The summed E-state index contributed by atoms with van der Waals surface area (Å²) in [5, 5.41) is 9.10. The molecule has 0 aliphatic carbocycles. The van der Waals surface area contributed by atoms with E-state index in [4.69, 9.17) is 4.74 Å². The maximum Gasteiger partial charge on any atom is 0.319 e. The number of hydrogen-bond donors (Lipinski definition) is 0. The molecular weight excluding hydrogens is 358 g/mol. The van der Waals surface area contributed by atoms with Gasteiger partial charge >= 0.3 is 5.97 Å². The third kappa shape index (κ3) is 4.98. The largest absolute Gasteiger partial charge is 0.465 e. The number of thioether (sulfide) groups is 1. The van der Waals surface area contributed by atoms with E-state index in [0.717, 1.165) is 23.5 Å². The van der Waals surface area contributed by atoms with Crippen LogP contribution in [-0.2, 0) is 16.0 Å². The van der Waals surface area contributed by atoms with Crippen LogP contribution in [0.3, 0.4) is 0 Å². The van der Waals surface area contributed by atoms with Crippen molar-refractivity contribution in [3.63, 3.8) is 0 Å². The second-order valence-corrected chi connectivity index (χ2v) is 7.47. The summed E-state index contributed by atoms with van der Waals surface area (Å²) in [6.45, 7) is 4.25. The topological polar surface area (TPSA) is 57.0 Å². The molecule has 0 saturated heterocycles. The quantitative estimate of drug-likeness (QED) is 0.430. The molecule has 0 aliphatic rings. The minimum atomic E-state index is -0.354. The maximum absolute atomic E-state index is 12.2. The summed E-state index contributed by atoms with van der Waals surface area (Å²) in [5.41, 5.74) is 2.14. The van der Waals surface area contributed by atoms with Gasteiger partial charge in [-0.25, -0.2) is 0 Å². The van der Waals surface area contributed by atoms with Crippen molar-refractivity contribution in [3.8, 4) is 5.69 Å². The molecule has 6 heteroatoms. The van der Waals surface area contributed by atoms with Crippen LogP contribution in [0.15, 0.2) is 65.8 Å². The second kappa shape index (κ2) is 9.37. The molecule has 1 heterocycles. The van der Waals surface area contributed by atoms with E-state index in [0.29, 0.717) is 18.2 Å². The standard InChI is InChI=1S/C21H23N3O2S/c1-3-14-26-20(25)16(2)27-21-23-22-19(15-17-10-6-4-7-11-17)24(21)18-12-8-5-9-13-18/h4-13,16H,3,14-15H2,1-2H3. The SMILES string of the molecule is CCCOC(=O)C(C)Sc1nnc(Cc2ccccc2)n1-c1ccccc1. The van der Waals surface area contributed by atoms with Gasteiger partial charge in [-0.1, -0.05) is 67.2 Å². The molecular formula is C21H23N3O2S. The van der Waals surface area contributed by atoms with Crippen molar-refractivity contribution < 1.29 is 9.53 Å². The van der Waals surface area contributed by atoms with Crippen LogP contribution < -0.4 is 0 Å². The lowest BCUT2D eigenvalue weighted by atomic mass is 10.1. The minimum Gasteiger partial charge on any atom is -0.465 e. The van der Waals surface area contributed by atoms with E-state index in [1.807, 2.05) is 66.9 Å². The van der Waals surface area contributed by atoms with Crippen molar-refractivity contribution in [3.05, 3.63) is 72.1 Å². The van der Waals surface area contributed by atoms with Crippen LogP contribution >= 0.6 is 11.8 Å². The van der Waals surface area contributed by atoms with Crippen LogP contribution in [0.5, 0.6) is 0 Å². The van der Waals surface area contributed by atoms with Gasteiger partial charge in [0.2, 0.25) is 0 Å². The Kier molecular flexibility index (Phi) is 6.65. The highest BCUT2D eigenvalue weighted by Gasteiger charge is 2.22. The first-order valence-corrected chi connectivity index (χ1v) is 9.94. The fourth-order valence-electron chi connectivity index (χ4n) is 2.63. The van der Waals surface area contributed by atoms with Gasteiger partial charge in [0.1, 0.15) is 11.1 Å². The zero-order valence-electron chi connectivity index (χ0n) is 15.5. The van der Waals surface area contributed by atoms with E-state index >= 15 is 0 Å². The number of ether oxygens (including phenoxy) is 1. The predicted molar refractivity (Wildman–Crippen MR) is 107 cm³/mol. The van der Waals surface area contributed by atoms with Crippen LogP contribution in [-0.4, -0.2) is 32.6 Å². The third-order valence-corrected chi connectivity index (χ3v) is 5.00. The van der Waals surface area contributed by atoms with Crippen molar-refractivity contribution >= 4 is 17.7 Å². The number of nitrogens with zero attached hydrogens (tertiary/aromatic N) is 3. The second-order valence-electron chi connectivity index (χ2n) is 6.16. The van der Waals surface area contributed by atoms with Gasteiger partial charge in [-0.3, -0.25) is 9.36 Å². The molecule has 0 bridgehead atoms. The van der Waals surface area contributed by atoms with E-state index in [1.165, 1.54) is 11.8 Å². The highest BCUT2D eigenvalue weighted by molar-refractivity contribution is 8.00. The smallest absolute Gasteiger partial charge is 0.319 e. The van der Waals surface area contributed by atoms with Crippen molar-refractivity contribution in [2.24, 2.45) is 0 Å². The summed E-state index contributed by atoms with van der Waals surface area (Å²) in [6, 6.07) is 20.1. The van der Waals surface area contributed by atoms with Gasteiger partial charge < -0.3 is 4.74 Å². The number of hydrogen-bond acceptors (Lipinski definition) is 5. The molecule has 140 valence electrons. The van der Waals surface area contributed by atoms with Crippen molar-refractivity contribution in [2.75, 3.05) is 6.61 Å². The first-order valence-electron chi connectivity index (χ1n) is 9.06. The van der Waals surface area contributed by atoms with E-state index in [2.05, 4.69) is 22.3 Å². The van der Waals surface area contributed by atoms with Crippen LogP contribution in [0, 0.1) is 0 Å². The molecule has 3 rings (SSSR count). The fraction of sp³-hybridized carbons (Fsp3) is 0.286. The molecule has 1 aromatic heterocycles. The number of carbonyl (C=O) groups is 1. The predicted octanol–water partition coefficient (Wildman–Crippen LogP) is 4.29. The molecule has 1 atom stereocenters. The molecule has 0 spiro atoms. The van der Waals surface area contributed by atoms with Crippen molar-refractivity contribution in [2.45, 2.75) is 37.1 Å². The zero-order chi connectivity index (χ0) is 19.1. The first kappa shape index (κ1) is 19.2. The molecule has 0 aliphatic heterocycles. The Morgan fingerprint density at radius 1 is 1.07 bits per heavy atom. The summed E-state index contributed by atoms with van der Waals surface area (Å²) in [5.74, 6) is 0.609. The van der Waals surface area contributed by atoms with Gasteiger partial charge in [0, 0.05) is 12.1 Å². The Bertz CT molecular complexity index is 866. The average Bonchev–Trinajstić information content (AvgIpc) is 3.09. The van der Waals surface area contributed by atoms with Gasteiger partial charge in [0.25, 0.3) is 0 Å². The fourth-order valence-corrected chi connectivity index (χ4v) is 3.52. The number of benzene rings is 2. The van der Waals surface area contributed by atoms with E-state index < -0.39 is 0 Å². The van der Waals surface area contributed by atoms with Gasteiger partial charge in [-0.05, 0) is 31.0 Å². The van der Waals surface area contributed by atoms with Crippen LogP contribution in [0.2, 0.25) is 0 Å². The van der Waals surface area contributed by atoms with Crippen molar-refractivity contribution in [1.82, 2.24) is 14.8 Å². The lowest BCUT2D eigenvalue weighted by Crippen LogP contribution is -2.18. The summed E-state index contributed by atoms with van der Waals surface area (Å²) in [7, 11) is 0. The number of carbonyl (C=O) groups excluding carboxylic acids is 1. The molecule has 1 unspecified atom stereocenters. The Morgan fingerprint density at radius 2 is 1.74 bits per heavy atom. The Morgan fingerprint density at radius 3 is 2.41 bits per heavy atom. The van der Waals surface area contributed by atoms with Crippen LogP contribution in [0.1, 0.15) is 31.7 Å². The van der Waals surface area contributed by atoms with Crippen LogP contribution in [0.4, 0.5) is 0 Å². The highest BCUT2D eigenvalue weighted by Crippen LogP contribution is 2.27. The lowest BCUT2D eigenvalue weighted by molar-refractivity contribution is -0.142. The third-order valence-electron chi connectivity index (χ3n) is 3.98. The molecule has 0 radical (unpaired) electrons. The first-order chi connectivity index (χ1) is 13.2. The molecule has 2 aromatic carbocycles. The molecule has 0 amide bonds. The molecule has 27 heavy (non-hydrogen) atoms. The number of para-hydroxylation sites is 1. The van der Waals surface area contributed by atoms with Crippen LogP contribution in [0.25, 0.3) is 5.69 Å². The zero-order valence-corrected chi connectivity index (χ0v) is 16.4. The number of aromatic nitrogens is 3. The molecule has 3 aromatic rings. The normalized spacial score (nSPS) is 11.9. The minimum absolute atomic E-state index is 0.228. The van der Waals surface area contributed by atoms with E-state index in [-0.39, 0.29) is 11.2 Å². The summed E-state index contributed by atoms with van der Waals surface area (Å²) in [6.07, 6.45) is 1.47. The molecule has 0 N–H and O–H groups in total. The van der Waals surface area contributed by atoms with Crippen molar-refractivity contribution in [1.29, 1.82) is 0 Å². The monoisotopic (exact) mass is 381 g/mol. The van der Waals surface area contributed by atoms with Gasteiger partial charge in [-0.15, -0.1) is 10.2 Å². The lowest BCUT2D eigenvalue weighted by Gasteiger charge is -2.13. The van der Waals surface area contributed by atoms with Gasteiger partial charge in [0.15, 0.2) is 5.16 Å². The summed E-state index contributed by atoms with van der Waals surface area (Å²) < 4.78 is 7.27. The summed E-state index contributed by atoms with van der Waals surface area (Å²) in [4.78, 5) is 12.2. The highest BCUT2D eigenvalue weighted by atomic mass is 32.2. The Hall–Kier alpha value is -2.60. The van der Waals surface area contributed by atoms with E-state index in [9.17, 15) is 4.79 Å². The Labute approximate surface area is 163 Å². The summed E-state index contributed by atoms with van der Waals surface area (Å²) >= 11 is 1.37. The maximum atomic E-state index is 12.2. The number of esters is 1. The van der Waals surface area contributed by atoms with Gasteiger partial charge in [0.05, 0.1) is 6.61 Å². The van der Waals surface area contributed by atoms with E-state index in [1.54, 1.807) is 0 Å². The molecule has 0 fully saturated rings. The van der Waals surface area contributed by atoms with Gasteiger partial charge in [-0.2, -0.15) is 0 Å². The molecule has 0 saturated carbocycles. The molecule has 5 nitrogen and oxygen atoms in total. The average molecular weight is 382 g/mol.